The van der Waals surface area contributed by atoms with Crippen molar-refractivity contribution in [3.63, 3.8) is 0 Å². The summed E-state index contributed by atoms with van der Waals surface area (Å²) in [5.41, 5.74) is 2.95. The van der Waals surface area contributed by atoms with Gasteiger partial charge in [-0.25, -0.2) is 0 Å². The van der Waals surface area contributed by atoms with Crippen LogP contribution in [0.15, 0.2) is 33.7 Å². The van der Waals surface area contributed by atoms with E-state index in [-0.39, 0.29) is 26.5 Å². The van der Waals surface area contributed by atoms with Crippen molar-refractivity contribution in [1.29, 1.82) is 0 Å². The van der Waals surface area contributed by atoms with Gasteiger partial charge in [-0.2, -0.15) is 0 Å². The van der Waals surface area contributed by atoms with E-state index >= 15 is 0 Å². The molecule has 0 spiro atoms. The zero-order valence-corrected chi connectivity index (χ0v) is 19.9. The summed E-state index contributed by atoms with van der Waals surface area (Å²) in [5.74, 6) is -0.118. The topological polar surface area (TPSA) is 46.9 Å². The molecule has 3 aromatic rings. The molecule has 2 heterocycles. The number of carbonyl (C=O) groups is 1. The van der Waals surface area contributed by atoms with E-state index in [1.54, 1.807) is 16.8 Å². The normalized spacial score (nSPS) is 14.6. The van der Waals surface area contributed by atoms with Gasteiger partial charge in [0, 0.05) is 0 Å². The van der Waals surface area contributed by atoms with Crippen LogP contribution in [0.4, 0.5) is 0 Å². The van der Waals surface area contributed by atoms with Gasteiger partial charge in [-0.1, -0.05) is 0 Å². The van der Waals surface area contributed by atoms with E-state index in [1.165, 1.54) is 12.8 Å². The van der Waals surface area contributed by atoms with Crippen molar-refractivity contribution in [2.24, 2.45) is 0 Å². The quantitative estimate of drug-likeness (QED) is 0.431. The molecule has 28 heavy (non-hydrogen) atoms. The molecule has 2 aromatic heterocycles. The summed E-state index contributed by atoms with van der Waals surface area (Å²) in [6.45, 7) is 1.95. The summed E-state index contributed by atoms with van der Waals surface area (Å²) in [4.78, 5) is 13.0. The Bertz CT molecular complexity index is 1040. The third-order valence-corrected chi connectivity index (χ3v) is 8.46. The number of rotatable bonds is 4. The van der Waals surface area contributed by atoms with Crippen molar-refractivity contribution in [3.05, 3.63) is 55.0 Å². The van der Waals surface area contributed by atoms with Gasteiger partial charge < -0.3 is 0 Å². The van der Waals surface area contributed by atoms with Gasteiger partial charge in [0.25, 0.3) is 0 Å². The second kappa shape index (κ2) is 8.37. The Labute approximate surface area is 188 Å². The predicted octanol–water partition coefficient (Wildman–Crippen LogP) is 5.65. The van der Waals surface area contributed by atoms with Crippen molar-refractivity contribution in [1.82, 2.24) is 15.1 Å². The third kappa shape index (κ3) is 3.99. The van der Waals surface area contributed by atoms with Crippen LogP contribution in [-0.4, -0.2) is 36.2 Å². The van der Waals surface area contributed by atoms with Gasteiger partial charge in [-0.05, 0) is 0 Å². The predicted molar refractivity (Wildman–Crippen MR) is 118 cm³/mol. The fourth-order valence-electron chi connectivity index (χ4n) is 3.59. The molecule has 0 radical (unpaired) electrons. The van der Waals surface area contributed by atoms with Gasteiger partial charge in [-0.3, -0.25) is 0 Å². The zero-order chi connectivity index (χ0) is 19.8. The molecule has 0 atom stereocenters. The van der Waals surface area contributed by atoms with Gasteiger partial charge in [0.15, 0.2) is 0 Å². The van der Waals surface area contributed by atoms with Crippen LogP contribution in [0, 0.1) is 6.92 Å². The van der Waals surface area contributed by atoms with E-state index in [9.17, 15) is 4.79 Å². The fourth-order valence-corrected chi connectivity index (χ4v) is 6.84. The number of nitrogens with zero attached hydrogens (tertiary/aromatic N) is 2. The minimum absolute atomic E-state index is 0.118. The number of hydrogen-bond acceptors (Lipinski definition) is 2. The van der Waals surface area contributed by atoms with Crippen molar-refractivity contribution < 1.29 is 4.79 Å². The molecule has 8 heteroatoms. The van der Waals surface area contributed by atoms with Crippen LogP contribution in [-0.2, 0) is 0 Å². The molecular weight excluding hydrogens is 528 g/mol. The van der Waals surface area contributed by atoms with Crippen LogP contribution in [0.5, 0.6) is 0 Å². The molecule has 1 aromatic carbocycles. The van der Waals surface area contributed by atoms with Crippen molar-refractivity contribution in [3.8, 4) is 15.8 Å². The van der Waals surface area contributed by atoms with Crippen LogP contribution in [0.1, 0.15) is 41.7 Å². The van der Waals surface area contributed by atoms with Gasteiger partial charge >= 0.3 is 189 Å². The summed E-state index contributed by atoms with van der Waals surface area (Å²) in [6, 6.07) is 9.68. The number of hydrogen-bond donors (Lipinski definition) is 1. The van der Waals surface area contributed by atoms with Gasteiger partial charge in [-0.15, -0.1) is 0 Å². The first-order valence-electron chi connectivity index (χ1n) is 9.05. The van der Waals surface area contributed by atoms with E-state index in [0.29, 0.717) is 21.4 Å². The average molecular weight is 546 g/mol. The molecule has 1 aliphatic carbocycles. The van der Waals surface area contributed by atoms with Crippen LogP contribution < -0.4 is 5.32 Å². The first-order chi connectivity index (χ1) is 13.4. The number of carbonyl (C=O) groups excluding carboxylic acids is 1. The maximum absolute atomic E-state index is 13.0. The Kier molecular flexibility index (Phi) is 6.05. The van der Waals surface area contributed by atoms with Gasteiger partial charge in [0.05, 0.1) is 0 Å². The molecule has 4 nitrogen and oxygen atoms in total. The molecule has 0 bridgehead atoms. The van der Waals surface area contributed by atoms with Crippen LogP contribution in [0.2, 0.25) is 10.0 Å². The molecule has 146 valence electrons. The molecule has 4 rings (SSSR count). The van der Waals surface area contributed by atoms with E-state index < -0.39 is 0 Å². The molecule has 1 amide bonds. The van der Waals surface area contributed by atoms with Crippen LogP contribution in [0.3, 0.4) is 0 Å². The number of benzene rings is 1. The summed E-state index contributed by atoms with van der Waals surface area (Å²) in [6.07, 6.45) is 4.40. The maximum atomic E-state index is 13.0. The second-order valence-corrected chi connectivity index (χ2v) is 12.0. The first-order valence-corrected chi connectivity index (χ1v) is 12.3. The van der Waals surface area contributed by atoms with E-state index in [4.69, 9.17) is 23.2 Å². The SMILES string of the molecule is Cc1c(C(=O)NC2CCCC2)nn(-c2ccc(Cl)cc2Cl)c1-c1ccc(Br)[se]1. The summed E-state index contributed by atoms with van der Waals surface area (Å²) >= 11 is 16.2. The Balaban J connectivity index is 1.82. The van der Waals surface area contributed by atoms with Crippen molar-refractivity contribution >= 4 is 59.5 Å². The summed E-state index contributed by atoms with van der Waals surface area (Å²) < 4.78 is 4.08. The minimum atomic E-state index is -0.118. The number of nitrogens with one attached hydrogen (secondary N) is 1. The molecule has 1 N–H and O–H groups in total. The van der Waals surface area contributed by atoms with E-state index in [0.717, 1.165) is 31.9 Å². The number of amides is 1. The van der Waals surface area contributed by atoms with Crippen LogP contribution >= 0.6 is 39.1 Å². The fraction of sp³-hybridized carbons (Fsp3) is 0.300. The van der Waals surface area contributed by atoms with Gasteiger partial charge in [0.1, 0.15) is 0 Å². The molecule has 1 saturated carbocycles. The monoisotopic (exact) mass is 545 g/mol. The number of halogens is 3. The summed E-state index contributed by atoms with van der Waals surface area (Å²) in [7, 11) is 0. The van der Waals surface area contributed by atoms with Crippen LogP contribution in [0.25, 0.3) is 15.8 Å². The molecular formula is C20H18BrCl2N3OSe. The Morgan fingerprint density at radius 3 is 2.64 bits per heavy atom. The van der Waals surface area contributed by atoms with E-state index in [1.807, 2.05) is 19.1 Å². The second-order valence-electron chi connectivity index (χ2n) is 6.89. The molecule has 1 aliphatic rings. The summed E-state index contributed by atoms with van der Waals surface area (Å²) in [5, 5.41) is 8.89. The molecule has 1 fully saturated rings. The Morgan fingerprint density at radius 1 is 1.25 bits per heavy atom. The van der Waals surface area contributed by atoms with E-state index in [2.05, 4.69) is 32.4 Å². The van der Waals surface area contributed by atoms with Crippen molar-refractivity contribution in [2.45, 2.75) is 38.6 Å². The standard InChI is InChI=1S/C20H18BrCl2N3OSe/c1-11-18(20(27)24-13-4-2-3-5-13)25-26(15-7-6-12(22)10-14(15)23)19(11)16-8-9-17(21)28-16/h6-10,13H,2-5H2,1H3,(H,24,27). The average Bonchev–Trinajstić information content (AvgIpc) is 3.36. The van der Waals surface area contributed by atoms with Crippen molar-refractivity contribution in [2.75, 3.05) is 0 Å². The number of aromatic nitrogens is 2. The zero-order valence-electron chi connectivity index (χ0n) is 15.1. The first kappa shape index (κ1) is 20.2. The third-order valence-electron chi connectivity index (χ3n) is 4.97. The Hall–Kier alpha value is -1.04. The Morgan fingerprint density at radius 2 is 2.00 bits per heavy atom. The molecule has 0 unspecified atom stereocenters. The molecule has 0 saturated heterocycles. The van der Waals surface area contributed by atoms with Gasteiger partial charge in [0.2, 0.25) is 0 Å². The molecule has 0 aliphatic heterocycles.